The van der Waals surface area contributed by atoms with Crippen LogP contribution in [0.3, 0.4) is 0 Å². The lowest BCUT2D eigenvalue weighted by molar-refractivity contribution is 0.0601. The van der Waals surface area contributed by atoms with Gasteiger partial charge >= 0.3 is 5.97 Å². The van der Waals surface area contributed by atoms with Gasteiger partial charge in [0.05, 0.1) is 12.7 Å². The second-order valence-electron chi connectivity index (χ2n) is 5.90. The largest absolute Gasteiger partial charge is 0.465 e. The van der Waals surface area contributed by atoms with Crippen molar-refractivity contribution in [3.63, 3.8) is 0 Å². The number of amidine groups is 2. The highest BCUT2D eigenvalue weighted by Crippen LogP contribution is 2.36. The van der Waals surface area contributed by atoms with Gasteiger partial charge in [-0.1, -0.05) is 30.0 Å². The Morgan fingerprint density at radius 3 is 2.92 bits per heavy atom. The van der Waals surface area contributed by atoms with Gasteiger partial charge in [0.1, 0.15) is 5.84 Å². The molecular formula is C19H17N3O2S. The average Bonchev–Trinajstić information content (AvgIpc) is 2.67. The zero-order chi connectivity index (χ0) is 17.4. The summed E-state index contributed by atoms with van der Waals surface area (Å²) in [5, 5.41) is 8.80. The van der Waals surface area contributed by atoms with E-state index in [1.807, 2.05) is 29.2 Å². The third kappa shape index (κ3) is 2.82. The number of hydrogen-bond donors (Lipinski definition) is 1. The molecule has 0 bridgehead atoms. The van der Waals surface area contributed by atoms with Gasteiger partial charge in [0, 0.05) is 23.5 Å². The van der Waals surface area contributed by atoms with Crippen molar-refractivity contribution in [2.45, 2.75) is 11.3 Å². The minimum Gasteiger partial charge on any atom is -0.465 e. The first-order chi connectivity index (χ1) is 12.2. The summed E-state index contributed by atoms with van der Waals surface area (Å²) in [6, 6.07) is 13.6. The fourth-order valence-corrected chi connectivity index (χ4v) is 4.06. The van der Waals surface area contributed by atoms with E-state index >= 15 is 0 Å². The predicted octanol–water partition coefficient (Wildman–Crippen LogP) is 3.63. The zero-order valence-electron chi connectivity index (χ0n) is 13.8. The molecule has 4 rings (SSSR count). The fourth-order valence-electron chi connectivity index (χ4n) is 3.11. The summed E-state index contributed by atoms with van der Waals surface area (Å²) in [6.45, 7) is 1.67. The Morgan fingerprint density at radius 2 is 2.08 bits per heavy atom. The van der Waals surface area contributed by atoms with E-state index in [1.54, 1.807) is 6.07 Å². The summed E-state index contributed by atoms with van der Waals surface area (Å²) in [5.74, 6) is 0.558. The van der Waals surface area contributed by atoms with Crippen LogP contribution in [0.4, 0.5) is 0 Å². The maximum atomic E-state index is 11.8. The van der Waals surface area contributed by atoms with E-state index in [-0.39, 0.29) is 5.97 Å². The van der Waals surface area contributed by atoms with Crippen LogP contribution in [0.15, 0.2) is 52.4 Å². The Morgan fingerprint density at radius 1 is 1.24 bits per heavy atom. The molecule has 0 atom stereocenters. The van der Waals surface area contributed by atoms with E-state index in [1.165, 1.54) is 18.9 Å². The van der Waals surface area contributed by atoms with Crippen molar-refractivity contribution < 1.29 is 9.53 Å². The van der Waals surface area contributed by atoms with Crippen LogP contribution < -0.4 is 0 Å². The third-order valence-electron chi connectivity index (χ3n) is 4.35. The molecule has 0 aromatic heterocycles. The molecule has 0 saturated carbocycles. The number of aliphatic imine (C=N–C) groups is 1. The highest BCUT2D eigenvalue weighted by atomic mass is 32.2. The van der Waals surface area contributed by atoms with E-state index in [0.29, 0.717) is 10.7 Å². The van der Waals surface area contributed by atoms with Gasteiger partial charge in [0.2, 0.25) is 0 Å². The van der Waals surface area contributed by atoms with Gasteiger partial charge < -0.3 is 9.64 Å². The Hall–Kier alpha value is -2.60. The minimum absolute atomic E-state index is 0.344. The molecule has 2 aromatic carbocycles. The van der Waals surface area contributed by atoms with Crippen molar-refractivity contribution >= 4 is 28.7 Å². The smallest absolute Gasteiger partial charge is 0.337 e. The van der Waals surface area contributed by atoms with Crippen molar-refractivity contribution in [1.82, 2.24) is 4.90 Å². The lowest BCUT2D eigenvalue weighted by Crippen LogP contribution is -2.42. The lowest BCUT2D eigenvalue weighted by Gasteiger charge is -2.34. The summed E-state index contributed by atoms with van der Waals surface area (Å²) in [4.78, 5) is 19.4. The van der Waals surface area contributed by atoms with Crippen molar-refractivity contribution in [3.8, 4) is 11.1 Å². The zero-order valence-corrected chi connectivity index (χ0v) is 14.6. The van der Waals surface area contributed by atoms with E-state index in [4.69, 9.17) is 10.1 Å². The molecule has 2 heterocycles. The van der Waals surface area contributed by atoms with Crippen LogP contribution in [0.25, 0.3) is 11.1 Å². The number of methoxy groups -OCH3 is 1. The molecule has 0 radical (unpaired) electrons. The summed E-state index contributed by atoms with van der Waals surface area (Å²) in [5.41, 5.74) is 3.56. The van der Waals surface area contributed by atoms with E-state index in [2.05, 4.69) is 17.1 Å². The van der Waals surface area contributed by atoms with Gasteiger partial charge in [-0.15, -0.1) is 0 Å². The van der Waals surface area contributed by atoms with Crippen LogP contribution in [0, 0.1) is 5.41 Å². The maximum absolute atomic E-state index is 11.8. The standard InChI is InChI=1S/C19H17N3O2S/c1-24-18(23)14-5-2-4-12(10-14)13-6-7-15-16(11-13)25-19(20)22-9-3-8-21-17(15)22/h2,4-7,10-11,20H,3,8-9H2,1H3. The molecule has 5 nitrogen and oxygen atoms in total. The molecule has 0 saturated heterocycles. The van der Waals surface area contributed by atoms with Gasteiger partial charge in [-0.25, -0.2) is 4.79 Å². The Balaban J connectivity index is 1.75. The van der Waals surface area contributed by atoms with Crippen LogP contribution >= 0.6 is 11.8 Å². The summed E-state index contributed by atoms with van der Waals surface area (Å²) in [6.07, 6.45) is 0.986. The number of carbonyl (C=O) groups excluding carboxylic acids is 1. The molecule has 0 unspecified atom stereocenters. The molecule has 0 aliphatic carbocycles. The quantitative estimate of drug-likeness (QED) is 0.839. The number of benzene rings is 2. The number of nitrogens with one attached hydrogen (secondary N) is 1. The number of thioether (sulfide) groups is 1. The van der Waals surface area contributed by atoms with Crippen LogP contribution in [-0.2, 0) is 4.74 Å². The predicted molar refractivity (Wildman–Crippen MR) is 99.5 cm³/mol. The lowest BCUT2D eigenvalue weighted by atomic mass is 10.0. The molecular weight excluding hydrogens is 334 g/mol. The number of fused-ring (bicyclic) bond motifs is 3. The number of rotatable bonds is 2. The molecule has 0 spiro atoms. The molecule has 2 aromatic rings. The van der Waals surface area contributed by atoms with Crippen LogP contribution in [0.5, 0.6) is 0 Å². The Labute approximate surface area is 150 Å². The van der Waals surface area contributed by atoms with Gasteiger partial charge in [-0.2, -0.15) is 0 Å². The molecule has 1 N–H and O–H groups in total. The summed E-state index contributed by atoms with van der Waals surface area (Å²) < 4.78 is 4.80. The fraction of sp³-hybridized carbons (Fsp3) is 0.211. The van der Waals surface area contributed by atoms with Crippen molar-refractivity contribution in [1.29, 1.82) is 5.41 Å². The van der Waals surface area contributed by atoms with Crippen molar-refractivity contribution in [2.75, 3.05) is 20.2 Å². The summed E-state index contributed by atoms with van der Waals surface area (Å²) >= 11 is 1.46. The van der Waals surface area contributed by atoms with E-state index < -0.39 is 0 Å². The average molecular weight is 351 g/mol. The highest BCUT2D eigenvalue weighted by molar-refractivity contribution is 8.14. The molecule has 25 heavy (non-hydrogen) atoms. The molecule has 2 aliphatic rings. The first-order valence-corrected chi connectivity index (χ1v) is 8.90. The Kier molecular flexibility index (Phi) is 4.05. The van der Waals surface area contributed by atoms with E-state index in [9.17, 15) is 4.79 Å². The second kappa shape index (κ2) is 6.37. The third-order valence-corrected chi connectivity index (χ3v) is 5.32. The second-order valence-corrected chi connectivity index (χ2v) is 6.93. The number of esters is 1. The maximum Gasteiger partial charge on any atom is 0.337 e. The van der Waals surface area contributed by atoms with Crippen LogP contribution in [0.1, 0.15) is 22.3 Å². The van der Waals surface area contributed by atoms with Gasteiger partial charge in [-0.3, -0.25) is 10.4 Å². The van der Waals surface area contributed by atoms with Gasteiger partial charge in [0.25, 0.3) is 0 Å². The molecule has 2 aliphatic heterocycles. The van der Waals surface area contributed by atoms with Crippen molar-refractivity contribution in [3.05, 3.63) is 53.6 Å². The van der Waals surface area contributed by atoms with Gasteiger partial charge in [0.15, 0.2) is 5.17 Å². The monoisotopic (exact) mass is 351 g/mol. The molecule has 126 valence electrons. The van der Waals surface area contributed by atoms with Crippen LogP contribution in [-0.4, -0.2) is 42.1 Å². The van der Waals surface area contributed by atoms with Crippen molar-refractivity contribution in [2.24, 2.45) is 4.99 Å². The summed E-state index contributed by atoms with van der Waals surface area (Å²) in [7, 11) is 1.38. The number of carbonyl (C=O) groups is 1. The normalized spacial score (nSPS) is 16.0. The molecule has 0 amide bonds. The number of nitrogens with zero attached hydrogens (tertiary/aromatic N) is 2. The van der Waals surface area contributed by atoms with Crippen LogP contribution in [0.2, 0.25) is 0 Å². The first-order valence-electron chi connectivity index (χ1n) is 8.09. The number of ether oxygens (including phenoxy) is 1. The van der Waals surface area contributed by atoms with E-state index in [0.717, 1.165) is 46.9 Å². The first kappa shape index (κ1) is 15.9. The molecule has 6 heteroatoms. The number of hydrogen-bond acceptors (Lipinski definition) is 5. The molecule has 0 fully saturated rings. The topological polar surface area (TPSA) is 65.8 Å². The SMILES string of the molecule is COC(=O)c1cccc(-c2ccc3c(c2)SC(=N)N2CCCN=C32)c1. The van der Waals surface area contributed by atoms with Gasteiger partial charge in [-0.05, 0) is 41.8 Å². The minimum atomic E-state index is -0.344. The highest BCUT2D eigenvalue weighted by Gasteiger charge is 2.29. The Bertz CT molecular complexity index is 907.